The SMILES string of the molecule is CC(C)Cc1nc2cc(CCC(=O)NO)ccc2n1Cc1ccccc1. The number of aromatic nitrogens is 2. The Kier molecular flexibility index (Phi) is 5.68. The van der Waals surface area contributed by atoms with Crippen molar-refractivity contribution in [3.8, 4) is 0 Å². The van der Waals surface area contributed by atoms with Gasteiger partial charge in [0, 0.05) is 19.4 Å². The zero-order valence-corrected chi connectivity index (χ0v) is 15.3. The lowest BCUT2D eigenvalue weighted by atomic mass is 10.1. The van der Waals surface area contributed by atoms with Crippen LogP contribution >= 0.6 is 0 Å². The normalized spacial score (nSPS) is 11.2. The van der Waals surface area contributed by atoms with Crippen molar-refractivity contribution in [2.24, 2.45) is 5.92 Å². The number of amides is 1. The van der Waals surface area contributed by atoms with Gasteiger partial charge in [0.2, 0.25) is 5.91 Å². The molecule has 0 spiro atoms. The number of aryl methyl sites for hydroxylation is 1. The molecule has 0 aliphatic rings. The van der Waals surface area contributed by atoms with Gasteiger partial charge < -0.3 is 4.57 Å². The van der Waals surface area contributed by atoms with E-state index in [1.165, 1.54) is 5.56 Å². The van der Waals surface area contributed by atoms with E-state index in [0.717, 1.165) is 35.4 Å². The molecule has 0 radical (unpaired) electrons. The fraction of sp³-hybridized carbons (Fsp3) is 0.333. The van der Waals surface area contributed by atoms with Crippen LogP contribution in [0.4, 0.5) is 0 Å². The van der Waals surface area contributed by atoms with Crippen LogP contribution in [0.25, 0.3) is 11.0 Å². The second-order valence-corrected chi connectivity index (χ2v) is 7.06. The third-order valence-corrected chi connectivity index (χ3v) is 4.43. The van der Waals surface area contributed by atoms with Crippen LogP contribution in [0.2, 0.25) is 0 Å². The number of nitrogens with zero attached hydrogens (tertiary/aromatic N) is 2. The Morgan fingerprint density at radius 1 is 1.15 bits per heavy atom. The van der Waals surface area contributed by atoms with Gasteiger partial charge in [-0.25, -0.2) is 10.5 Å². The molecule has 2 N–H and O–H groups in total. The average Bonchev–Trinajstić information content (AvgIpc) is 2.96. The first-order valence-corrected chi connectivity index (χ1v) is 9.01. The molecule has 0 unspecified atom stereocenters. The van der Waals surface area contributed by atoms with Crippen LogP contribution in [0.3, 0.4) is 0 Å². The standard InChI is InChI=1S/C21H25N3O2/c1-15(2)12-20-22-18-13-16(9-11-21(25)23-26)8-10-19(18)24(20)14-17-6-4-3-5-7-17/h3-8,10,13,15,26H,9,11-12,14H2,1-2H3,(H,23,25). The van der Waals surface area contributed by atoms with Gasteiger partial charge in [-0.2, -0.15) is 0 Å². The van der Waals surface area contributed by atoms with E-state index < -0.39 is 0 Å². The van der Waals surface area contributed by atoms with Crippen molar-refractivity contribution >= 4 is 16.9 Å². The van der Waals surface area contributed by atoms with Gasteiger partial charge in [-0.1, -0.05) is 50.2 Å². The molecule has 1 heterocycles. The van der Waals surface area contributed by atoms with E-state index in [1.807, 2.05) is 18.2 Å². The molecule has 0 saturated heterocycles. The molecule has 0 saturated carbocycles. The molecule has 5 nitrogen and oxygen atoms in total. The number of rotatable bonds is 7. The first kappa shape index (κ1) is 18.1. The van der Waals surface area contributed by atoms with E-state index in [-0.39, 0.29) is 12.3 Å². The molecular formula is C21H25N3O2. The van der Waals surface area contributed by atoms with E-state index in [0.29, 0.717) is 12.3 Å². The highest BCUT2D eigenvalue weighted by Gasteiger charge is 2.13. The molecule has 0 aliphatic heterocycles. The zero-order valence-electron chi connectivity index (χ0n) is 15.3. The Hall–Kier alpha value is -2.66. The predicted octanol–water partition coefficient (Wildman–Crippen LogP) is 3.72. The van der Waals surface area contributed by atoms with E-state index in [2.05, 4.69) is 48.7 Å². The number of carbonyl (C=O) groups is 1. The maximum Gasteiger partial charge on any atom is 0.243 e. The van der Waals surface area contributed by atoms with Gasteiger partial charge in [-0.05, 0) is 35.6 Å². The summed E-state index contributed by atoms with van der Waals surface area (Å²) in [7, 11) is 0. The molecule has 0 bridgehead atoms. The summed E-state index contributed by atoms with van der Waals surface area (Å²) in [4.78, 5) is 16.1. The van der Waals surface area contributed by atoms with Gasteiger partial charge in [-0.3, -0.25) is 10.0 Å². The van der Waals surface area contributed by atoms with Crippen LogP contribution in [0.15, 0.2) is 48.5 Å². The lowest BCUT2D eigenvalue weighted by Crippen LogP contribution is -2.18. The second kappa shape index (κ2) is 8.15. The zero-order chi connectivity index (χ0) is 18.5. The summed E-state index contributed by atoms with van der Waals surface area (Å²) in [5.74, 6) is 1.23. The topological polar surface area (TPSA) is 67.2 Å². The lowest BCUT2D eigenvalue weighted by molar-refractivity contribution is -0.129. The molecular weight excluding hydrogens is 326 g/mol. The van der Waals surface area contributed by atoms with Crippen molar-refractivity contribution in [2.75, 3.05) is 0 Å². The minimum absolute atomic E-state index is 0.256. The first-order valence-electron chi connectivity index (χ1n) is 9.01. The van der Waals surface area contributed by atoms with Gasteiger partial charge in [-0.15, -0.1) is 0 Å². The van der Waals surface area contributed by atoms with E-state index in [4.69, 9.17) is 10.2 Å². The highest BCUT2D eigenvalue weighted by molar-refractivity contribution is 5.78. The van der Waals surface area contributed by atoms with Crippen LogP contribution in [-0.2, 0) is 24.2 Å². The molecule has 136 valence electrons. The highest BCUT2D eigenvalue weighted by Crippen LogP contribution is 2.22. The average molecular weight is 351 g/mol. The molecule has 26 heavy (non-hydrogen) atoms. The maximum atomic E-state index is 11.3. The monoisotopic (exact) mass is 351 g/mol. The molecule has 1 aromatic heterocycles. The van der Waals surface area contributed by atoms with Gasteiger partial charge >= 0.3 is 0 Å². The number of hydrogen-bond acceptors (Lipinski definition) is 3. The van der Waals surface area contributed by atoms with E-state index in [9.17, 15) is 4.79 Å². The van der Waals surface area contributed by atoms with Crippen molar-refractivity contribution in [1.82, 2.24) is 15.0 Å². The summed E-state index contributed by atoms with van der Waals surface area (Å²) < 4.78 is 2.29. The first-order chi connectivity index (χ1) is 12.6. The largest absolute Gasteiger partial charge is 0.323 e. The number of benzene rings is 2. The Morgan fingerprint density at radius 3 is 2.62 bits per heavy atom. The summed E-state index contributed by atoms with van der Waals surface area (Å²) in [5, 5.41) is 8.63. The number of carbonyl (C=O) groups excluding carboxylic acids is 1. The predicted molar refractivity (Wildman–Crippen MR) is 102 cm³/mol. The van der Waals surface area contributed by atoms with E-state index >= 15 is 0 Å². The smallest absolute Gasteiger partial charge is 0.243 e. The third-order valence-electron chi connectivity index (χ3n) is 4.43. The summed E-state index contributed by atoms with van der Waals surface area (Å²) in [6.07, 6.45) is 1.75. The minimum atomic E-state index is -0.375. The fourth-order valence-corrected chi connectivity index (χ4v) is 3.16. The van der Waals surface area contributed by atoms with Crippen LogP contribution in [0.1, 0.15) is 37.2 Å². The molecule has 3 aromatic rings. The molecule has 5 heteroatoms. The van der Waals surface area contributed by atoms with Crippen molar-refractivity contribution < 1.29 is 10.0 Å². The van der Waals surface area contributed by atoms with Gasteiger partial charge in [0.15, 0.2) is 0 Å². The fourth-order valence-electron chi connectivity index (χ4n) is 3.16. The minimum Gasteiger partial charge on any atom is -0.323 e. The maximum absolute atomic E-state index is 11.3. The Bertz CT molecular complexity index is 885. The van der Waals surface area contributed by atoms with Crippen molar-refractivity contribution in [3.63, 3.8) is 0 Å². The van der Waals surface area contributed by atoms with Crippen LogP contribution in [0.5, 0.6) is 0 Å². The number of hydrogen-bond donors (Lipinski definition) is 2. The molecule has 2 aromatic carbocycles. The van der Waals surface area contributed by atoms with Gasteiger partial charge in [0.25, 0.3) is 0 Å². The Morgan fingerprint density at radius 2 is 1.92 bits per heavy atom. The van der Waals surface area contributed by atoms with Crippen LogP contribution in [0, 0.1) is 5.92 Å². The number of nitrogens with one attached hydrogen (secondary N) is 1. The quantitative estimate of drug-likeness (QED) is 0.503. The molecule has 0 fully saturated rings. The number of fused-ring (bicyclic) bond motifs is 1. The second-order valence-electron chi connectivity index (χ2n) is 7.06. The summed E-state index contributed by atoms with van der Waals surface area (Å²) >= 11 is 0. The third kappa shape index (κ3) is 4.29. The molecule has 0 aliphatic carbocycles. The van der Waals surface area contributed by atoms with Gasteiger partial charge in [0.05, 0.1) is 11.0 Å². The van der Waals surface area contributed by atoms with Crippen LogP contribution < -0.4 is 5.48 Å². The number of hydroxylamine groups is 1. The van der Waals surface area contributed by atoms with Crippen molar-refractivity contribution in [3.05, 3.63) is 65.5 Å². The summed E-state index contributed by atoms with van der Waals surface area (Å²) in [5.41, 5.74) is 6.04. The van der Waals surface area contributed by atoms with Crippen LogP contribution in [-0.4, -0.2) is 20.7 Å². The van der Waals surface area contributed by atoms with Gasteiger partial charge in [0.1, 0.15) is 5.82 Å². The highest BCUT2D eigenvalue weighted by atomic mass is 16.5. The summed E-state index contributed by atoms with van der Waals surface area (Å²) in [6.45, 7) is 5.20. The number of imidazole rings is 1. The molecule has 1 amide bonds. The Balaban J connectivity index is 1.94. The van der Waals surface area contributed by atoms with Crippen molar-refractivity contribution in [1.29, 1.82) is 0 Å². The lowest BCUT2D eigenvalue weighted by Gasteiger charge is -2.11. The summed E-state index contributed by atoms with van der Waals surface area (Å²) in [6, 6.07) is 16.6. The van der Waals surface area contributed by atoms with E-state index in [1.54, 1.807) is 5.48 Å². The van der Waals surface area contributed by atoms with Crippen molar-refractivity contribution in [2.45, 2.75) is 39.7 Å². The molecule has 3 rings (SSSR count). The Labute approximate surface area is 153 Å². The molecule has 0 atom stereocenters.